The number of nitrogens with one attached hydrogen (secondary N) is 1. The van der Waals surface area contributed by atoms with E-state index in [0.29, 0.717) is 5.75 Å². The highest BCUT2D eigenvalue weighted by molar-refractivity contribution is 7.99. The highest BCUT2D eigenvalue weighted by Crippen LogP contribution is 2.26. The van der Waals surface area contributed by atoms with Gasteiger partial charge in [-0.1, -0.05) is 0 Å². The van der Waals surface area contributed by atoms with Gasteiger partial charge in [0.25, 0.3) is 0 Å². The van der Waals surface area contributed by atoms with Crippen LogP contribution in [-0.4, -0.2) is 39.5 Å². The van der Waals surface area contributed by atoms with Gasteiger partial charge in [0, 0.05) is 18.1 Å². The first-order valence-corrected chi connectivity index (χ1v) is 6.09. The third-order valence-corrected chi connectivity index (χ3v) is 3.75. The van der Waals surface area contributed by atoms with Crippen LogP contribution in [0.5, 0.6) is 0 Å². The lowest BCUT2D eigenvalue weighted by molar-refractivity contribution is 0.0339. The first-order chi connectivity index (χ1) is 7.29. The number of aliphatic hydroxyl groups is 1. The molecule has 0 atom stereocenters. The molecule has 1 aliphatic heterocycles. The molecule has 1 aromatic heterocycles. The fourth-order valence-corrected chi connectivity index (χ4v) is 2.58. The first-order valence-electron chi connectivity index (χ1n) is 5.10. The van der Waals surface area contributed by atoms with E-state index in [1.54, 1.807) is 30.4 Å². The van der Waals surface area contributed by atoms with E-state index in [1.807, 2.05) is 0 Å². The van der Waals surface area contributed by atoms with Crippen LogP contribution < -0.4 is 5.32 Å². The van der Waals surface area contributed by atoms with E-state index in [9.17, 15) is 5.11 Å². The summed E-state index contributed by atoms with van der Waals surface area (Å²) in [5, 5.41) is 14.3. The van der Waals surface area contributed by atoms with Gasteiger partial charge in [0.05, 0.1) is 11.8 Å². The fourth-order valence-electron chi connectivity index (χ4n) is 1.60. The topological polar surface area (TPSA) is 58.0 Å². The molecule has 0 radical (unpaired) electrons. The molecule has 2 heterocycles. The number of aromatic nitrogens is 2. The summed E-state index contributed by atoms with van der Waals surface area (Å²) in [7, 11) is 0. The van der Waals surface area contributed by atoms with Crippen LogP contribution in [0.15, 0.2) is 23.6 Å². The maximum Gasteiger partial charge on any atom is 0.114 e. The summed E-state index contributed by atoms with van der Waals surface area (Å²) in [4.78, 5) is 8.16. The van der Waals surface area contributed by atoms with Crippen molar-refractivity contribution in [2.45, 2.75) is 23.5 Å². The number of nitrogens with zero attached hydrogens (tertiary/aromatic N) is 2. The zero-order chi connectivity index (χ0) is 10.6. The zero-order valence-corrected chi connectivity index (χ0v) is 9.33. The lowest BCUT2D eigenvalue weighted by Gasteiger charge is -2.31. The van der Waals surface area contributed by atoms with Crippen molar-refractivity contribution in [2.75, 3.05) is 18.8 Å². The van der Waals surface area contributed by atoms with E-state index in [4.69, 9.17) is 0 Å². The van der Waals surface area contributed by atoms with E-state index < -0.39 is 5.60 Å². The van der Waals surface area contributed by atoms with Crippen molar-refractivity contribution < 1.29 is 5.11 Å². The average molecular weight is 225 g/mol. The zero-order valence-electron chi connectivity index (χ0n) is 8.52. The molecule has 1 aromatic rings. The average Bonchev–Trinajstić information content (AvgIpc) is 2.29. The van der Waals surface area contributed by atoms with Crippen LogP contribution in [-0.2, 0) is 0 Å². The second kappa shape index (κ2) is 4.92. The van der Waals surface area contributed by atoms with Crippen LogP contribution in [0.2, 0.25) is 0 Å². The van der Waals surface area contributed by atoms with Gasteiger partial charge in [0.2, 0.25) is 0 Å². The first kappa shape index (κ1) is 10.9. The Bertz CT molecular complexity index is 301. The number of rotatable bonds is 3. The SMILES string of the molecule is OC1(CSc2cnccn2)CCNCC1. The lowest BCUT2D eigenvalue weighted by atomic mass is 9.95. The molecule has 0 bridgehead atoms. The second-order valence-corrected chi connectivity index (χ2v) is 4.80. The predicted molar refractivity (Wildman–Crippen MR) is 59.8 cm³/mol. The molecule has 4 nitrogen and oxygen atoms in total. The largest absolute Gasteiger partial charge is 0.389 e. The Balaban J connectivity index is 1.87. The summed E-state index contributed by atoms with van der Waals surface area (Å²) in [6, 6.07) is 0. The Morgan fingerprint density at radius 1 is 1.40 bits per heavy atom. The van der Waals surface area contributed by atoms with E-state index in [1.165, 1.54) is 0 Å². The highest BCUT2D eigenvalue weighted by Gasteiger charge is 2.29. The maximum atomic E-state index is 10.2. The minimum Gasteiger partial charge on any atom is -0.389 e. The molecule has 5 heteroatoms. The van der Waals surface area contributed by atoms with Crippen molar-refractivity contribution >= 4 is 11.8 Å². The van der Waals surface area contributed by atoms with E-state index >= 15 is 0 Å². The molecule has 1 saturated heterocycles. The lowest BCUT2D eigenvalue weighted by Crippen LogP contribution is -2.43. The van der Waals surface area contributed by atoms with Gasteiger partial charge in [-0.25, -0.2) is 4.98 Å². The van der Waals surface area contributed by atoms with Gasteiger partial charge < -0.3 is 10.4 Å². The van der Waals surface area contributed by atoms with Gasteiger partial charge in [0.1, 0.15) is 5.03 Å². The molecule has 2 rings (SSSR count). The minimum atomic E-state index is -0.534. The smallest absolute Gasteiger partial charge is 0.114 e. The molecule has 1 fully saturated rings. The Morgan fingerprint density at radius 3 is 2.87 bits per heavy atom. The normalized spacial score (nSPS) is 20.1. The van der Waals surface area contributed by atoms with Crippen LogP contribution in [0.1, 0.15) is 12.8 Å². The van der Waals surface area contributed by atoms with Gasteiger partial charge in [-0.2, -0.15) is 0 Å². The van der Waals surface area contributed by atoms with Crippen molar-refractivity contribution in [3.63, 3.8) is 0 Å². The molecule has 82 valence electrons. The molecule has 1 aliphatic rings. The summed E-state index contributed by atoms with van der Waals surface area (Å²) in [5.74, 6) is 0.702. The third-order valence-electron chi connectivity index (χ3n) is 2.56. The number of thioether (sulfide) groups is 1. The second-order valence-electron chi connectivity index (χ2n) is 3.81. The van der Waals surface area contributed by atoms with Gasteiger partial charge in [-0.3, -0.25) is 4.98 Å². The third kappa shape index (κ3) is 3.15. The van der Waals surface area contributed by atoms with E-state index in [2.05, 4.69) is 15.3 Å². The summed E-state index contributed by atoms with van der Waals surface area (Å²) < 4.78 is 0. The van der Waals surface area contributed by atoms with Crippen LogP contribution in [0.4, 0.5) is 0 Å². The standard InChI is InChI=1S/C10H15N3OS/c14-10(1-3-11-4-2-10)8-15-9-7-12-5-6-13-9/h5-7,11,14H,1-4,8H2. The van der Waals surface area contributed by atoms with Gasteiger partial charge in [-0.05, 0) is 25.9 Å². The predicted octanol–water partition coefficient (Wildman–Crippen LogP) is 0.683. The molecular weight excluding hydrogens is 210 g/mol. The molecule has 0 aliphatic carbocycles. The van der Waals surface area contributed by atoms with E-state index in [-0.39, 0.29) is 0 Å². The van der Waals surface area contributed by atoms with Crippen molar-refractivity contribution in [3.05, 3.63) is 18.6 Å². The summed E-state index contributed by atoms with van der Waals surface area (Å²) in [5.41, 5.74) is -0.534. The molecule has 0 saturated carbocycles. The molecule has 0 amide bonds. The van der Waals surface area contributed by atoms with Crippen LogP contribution in [0, 0.1) is 0 Å². The summed E-state index contributed by atoms with van der Waals surface area (Å²) in [6.07, 6.45) is 6.70. The summed E-state index contributed by atoms with van der Waals surface area (Å²) >= 11 is 1.57. The van der Waals surface area contributed by atoms with Crippen molar-refractivity contribution in [2.24, 2.45) is 0 Å². The quantitative estimate of drug-likeness (QED) is 0.741. The van der Waals surface area contributed by atoms with Crippen LogP contribution in [0.25, 0.3) is 0 Å². The van der Waals surface area contributed by atoms with Gasteiger partial charge in [-0.15, -0.1) is 11.8 Å². The molecule has 2 N–H and O–H groups in total. The molecule has 0 unspecified atom stereocenters. The molecule has 0 spiro atoms. The molecule has 0 aromatic carbocycles. The van der Waals surface area contributed by atoms with Crippen molar-refractivity contribution in [3.8, 4) is 0 Å². The van der Waals surface area contributed by atoms with Gasteiger partial charge in [0.15, 0.2) is 0 Å². The maximum absolute atomic E-state index is 10.2. The highest BCUT2D eigenvalue weighted by atomic mass is 32.2. The van der Waals surface area contributed by atoms with Crippen LogP contribution >= 0.6 is 11.8 Å². The molecule has 15 heavy (non-hydrogen) atoms. The Morgan fingerprint density at radius 2 is 2.20 bits per heavy atom. The van der Waals surface area contributed by atoms with Gasteiger partial charge >= 0.3 is 0 Å². The van der Waals surface area contributed by atoms with Crippen LogP contribution in [0.3, 0.4) is 0 Å². The van der Waals surface area contributed by atoms with E-state index in [0.717, 1.165) is 31.0 Å². The number of piperidine rings is 1. The fraction of sp³-hybridized carbons (Fsp3) is 0.600. The van der Waals surface area contributed by atoms with Crippen molar-refractivity contribution in [1.29, 1.82) is 0 Å². The Labute approximate surface area is 93.5 Å². The Kier molecular flexibility index (Phi) is 3.56. The number of hydrogen-bond donors (Lipinski definition) is 2. The van der Waals surface area contributed by atoms with Crippen molar-refractivity contribution in [1.82, 2.24) is 15.3 Å². The number of hydrogen-bond acceptors (Lipinski definition) is 5. The monoisotopic (exact) mass is 225 g/mol. The minimum absolute atomic E-state index is 0.534. The summed E-state index contributed by atoms with van der Waals surface area (Å²) in [6.45, 7) is 1.80. The molecular formula is C10H15N3OS. The Hall–Kier alpha value is -0.650.